The predicted octanol–water partition coefficient (Wildman–Crippen LogP) is 4.28. The molecule has 0 aliphatic carbocycles. The summed E-state index contributed by atoms with van der Waals surface area (Å²) in [4.78, 5) is 42.0. The van der Waals surface area contributed by atoms with Gasteiger partial charge in [0.25, 0.3) is 0 Å². The molecule has 146 valence electrons. The molecule has 0 fully saturated rings. The number of benzene rings is 2. The third kappa shape index (κ3) is 4.59. The van der Waals surface area contributed by atoms with Gasteiger partial charge in [0.2, 0.25) is 11.6 Å². The van der Waals surface area contributed by atoms with Gasteiger partial charge in [0.05, 0.1) is 4.92 Å². The Morgan fingerprint density at radius 3 is 2.00 bits per heavy atom. The SMILES string of the molecule is CC(=O)c1ccc(Nc2ncnc(Nc3cccc(C(C)=O)c3)c2[N+](=O)[O-])cc1. The Morgan fingerprint density at radius 2 is 1.45 bits per heavy atom. The Balaban J connectivity index is 1.93. The number of nitrogens with zero attached hydrogens (tertiary/aromatic N) is 3. The van der Waals surface area contributed by atoms with Crippen molar-refractivity contribution in [3.8, 4) is 0 Å². The number of hydrogen-bond donors (Lipinski definition) is 2. The minimum Gasteiger partial charge on any atom is -0.334 e. The van der Waals surface area contributed by atoms with E-state index >= 15 is 0 Å². The first-order valence-corrected chi connectivity index (χ1v) is 8.60. The van der Waals surface area contributed by atoms with Crippen molar-refractivity contribution in [2.75, 3.05) is 10.6 Å². The number of aromatic nitrogens is 2. The summed E-state index contributed by atoms with van der Waals surface area (Å²) in [6.07, 6.45) is 1.19. The maximum absolute atomic E-state index is 11.7. The second kappa shape index (κ2) is 8.26. The Morgan fingerprint density at radius 1 is 0.862 bits per heavy atom. The highest BCUT2D eigenvalue weighted by molar-refractivity contribution is 5.95. The number of hydrogen-bond acceptors (Lipinski definition) is 8. The normalized spacial score (nSPS) is 10.3. The largest absolute Gasteiger partial charge is 0.353 e. The summed E-state index contributed by atoms with van der Waals surface area (Å²) >= 11 is 0. The Bertz CT molecular complexity index is 1100. The van der Waals surface area contributed by atoms with Gasteiger partial charge in [0, 0.05) is 22.5 Å². The molecule has 0 aliphatic rings. The van der Waals surface area contributed by atoms with Crippen molar-refractivity contribution < 1.29 is 14.5 Å². The Labute approximate surface area is 166 Å². The molecule has 2 aromatic carbocycles. The van der Waals surface area contributed by atoms with Crippen molar-refractivity contribution in [3.63, 3.8) is 0 Å². The van der Waals surface area contributed by atoms with Gasteiger partial charge in [-0.1, -0.05) is 12.1 Å². The van der Waals surface area contributed by atoms with Crippen LogP contribution >= 0.6 is 0 Å². The van der Waals surface area contributed by atoms with Crippen LogP contribution < -0.4 is 10.6 Å². The third-order valence-corrected chi connectivity index (χ3v) is 4.09. The van der Waals surface area contributed by atoms with Gasteiger partial charge < -0.3 is 10.6 Å². The number of nitrogens with one attached hydrogen (secondary N) is 2. The fourth-order valence-electron chi connectivity index (χ4n) is 2.61. The Kier molecular flexibility index (Phi) is 5.59. The standard InChI is InChI=1S/C20H17N5O4/c1-12(26)14-6-8-16(9-7-14)23-19-18(25(28)29)20(22-11-21-19)24-17-5-3-4-15(10-17)13(2)27/h3-11H,1-2H3,(H2,21,22,23,24). The molecule has 3 rings (SSSR count). The second-order valence-corrected chi connectivity index (χ2v) is 6.20. The summed E-state index contributed by atoms with van der Waals surface area (Å²) in [6, 6.07) is 13.1. The van der Waals surface area contributed by atoms with Crippen molar-refractivity contribution in [2.24, 2.45) is 0 Å². The zero-order valence-corrected chi connectivity index (χ0v) is 15.7. The summed E-state index contributed by atoms with van der Waals surface area (Å²) in [5, 5.41) is 17.4. The van der Waals surface area contributed by atoms with E-state index in [0.717, 1.165) is 0 Å². The number of rotatable bonds is 7. The highest BCUT2D eigenvalue weighted by Crippen LogP contribution is 2.33. The highest BCUT2D eigenvalue weighted by Gasteiger charge is 2.23. The van der Waals surface area contributed by atoms with Crippen molar-refractivity contribution in [1.82, 2.24) is 9.97 Å². The van der Waals surface area contributed by atoms with Gasteiger partial charge in [-0.15, -0.1) is 0 Å². The smallest absolute Gasteiger partial charge is 0.334 e. The fraction of sp³-hybridized carbons (Fsp3) is 0.100. The van der Waals surface area contributed by atoms with Gasteiger partial charge in [-0.05, 0) is 50.2 Å². The maximum atomic E-state index is 11.7. The zero-order chi connectivity index (χ0) is 21.0. The number of nitro groups is 1. The Hall–Kier alpha value is -4.14. The summed E-state index contributed by atoms with van der Waals surface area (Å²) < 4.78 is 0. The fourth-order valence-corrected chi connectivity index (χ4v) is 2.61. The molecule has 0 radical (unpaired) electrons. The topological polar surface area (TPSA) is 127 Å². The van der Waals surface area contributed by atoms with E-state index in [-0.39, 0.29) is 28.9 Å². The molecular formula is C20H17N5O4. The molecule has 0 bridgehead atoms. The van der Waals surface area contributed by atoms with E-state index in [1.165, 1.54) is 20.2 Å². The summed E-state index contributed by atoms with van der Waals surface area (Å²) in [7, 11) is 0. The second-order valence-electron chi connectivity index (χ2n) is 6.20. The lowest BCUT2D eigenvalue weighted by molar-refractivity contribution is -0.383. The van der Waals surface area contributed by atoms with Gasteiger partial charge in [-0.3, -0.25) is 19.7 Å². The number of Topliss-reactive ketones (excluding diaryl/α,β-unsaturated/α-hetero) is 2. The molecule has 0 saturated heterocycles. The number of carbonyl (C=O) groups is 2. The van der Waals surface area contributed by atoms with Crippen LogP contribution in [0.3, 0.4) is 0 Å². The van der Waals surface area contributed by atoms with Gasteiger partial charge in [0.15, 0.2) is 11.6 Å². The molecule has 0 saturated carbocycles. The van der Waals surface area contributed by atoms with Crippen LogP contribution in [0.25, 0.3) is 0 Å². The highest BCUT2D eigenvalue weighted by atomic mass is 16.6. The van der Waals surface area contributed by atoms with Crippen LogP contribution in [0.1, 0.15) is 34.6 Å². The first kappa shape index (κ1) is 19.6. The van der Waals surface area contributed by atoms with Crippen LogP contribution in [0.5, 0.6) is 0 Å². The summed E-state index contributed by atoms with van der Waals surface area (Å²) in [6.45, 7) is 2.89. The van der Waals surface area contributed by atoms with E-state index in [9.17, 15) is 19.7 Å². The minimum atomic E-state index is -0.594. The molecule has 3 aromatic rings. The van der Waals surface area contributed by atoms with E-state index in [0.29, 0.717) is 22.5 Å². The van der Waals surface area contributed by atoms with Crippen molar-refractivity contribution in [3.05, 3.63) is 76.1 Å². The molecule has 1 aromatic heterocycles. The number of anilines is 4. The first-order valence-electron chi connectivity index (χ1n) is 8.60. The van der Waals surface area contributed by atoms with Gasteiger partial charge in [0.1, 0.15) is 6.33 Å². The average molecular weight is 391 g/mol. The van der Waals surface area contributed by atoms with Gasteiger partial charge in [-0.25, -0.2) is 9.97 Å². The first-order chi connectivity index (χ1) is 13.8. The quantitative estimate of drug-likeness (QED) is 0.347. The van der Waals surface area contributed by atoms with E-state index in [1.807, 2.05) is 0 Å². The molecule has 0 amide bonds. The zero-order valence-electron chi connectivity index (χ0n) is 15.7. The van der Waals surface area contributed by atoms with Crippen molar-refractivity contribution in [2.45, 2.75) is 13.8 Å². The number of ketones is 2. The maximum Gasteiger partial charge on any atom is 0.353 e. The third-order valence-electron chi connectivity index (χ3n) is 4.09. The molecule has 0 spiro atoms. The molecule has 0 unspecified atom stereocenters. The van der Waals surface area contributed by atoms with Crippen LogP contribution in [0.15, 0.2) is 54.9 Å². The summed E-state index contributed by atoms with van der Waals surface area (Å²) in [5.41, 5.74) is 1.66. The van der Waals surface area contributed by atoms with Gasteiger partial charge in [-0.2, -0.15) is 0 Å². The van der Waals surface area contributed by atoms with E-state index < -0.39 is 4.92 Å². The summed E-state index contributed by atoms with van der Waals surface area (Å²) in [5.74, 6) is -0.231. The van der Waals surface area contributed by atoms with Crippen molar-refractivity contribution >= 4 is 40.3 Å². The lowest BCUT2D eigenvalue weighted by Crippen LogP contribution is -2.06. The molecule has 1 heterocycles. The van der Waals surface area contributed by atoms with Crippen LogP contribution in [0, 0.1) is 10.1 Å². The van der Waals surface area contributed by atoms with Crippen molar-refractivity contribution in [1.29, 1.82) is 0 Å². The van der Waals surface area contributed by atoms with Crippen LogP contribution in [-0.2, 0) is 0 Å². The van der Waals surface area contributed by atoms with Gasteiger partial charge >= 0.3 is 5.69 Å². The lowest BCUT2D eigenvalue weighted by atomic mass is 10.1. The number of carbonyl (C=O) groups excluding carboxylic acids is 2. The van der Waals surface area contributed by atoms with Crippen LogP contribution in [-0.4, -0.2) is 26.5 Å². The molecule has 0 atom stereocenters. The van der Waals surface area contributed by atoms with Crippen LogP contribution in [0.2, 0.25) is 0 Å². The molecule has 2 N–H and O–H groups in total. The monoisotopic (exact) mass is 391 g/mol. The van der Waals surface area contributed by atoms with E-state index in [4.69, 9.17) is 0 Å². The average Bonchev–Trinajstić information content (AvgIpc) is 2.68. The molecule has 0 aliphatic heterocycles. The molecule has 9 heteroatoms. The molecule has 9 nitrogen and oxygen atoms in total. The molecule has 29 heavy (non-hydrogen) atoms. The predicted molar refractivity (Wildman–Crippen MR) is 108 cm³/mol. The minimum absolute atomic E-state index is 0.00852. The molecular weight excluding hydrogens is 374 g/mol. The van der Waals surface area contributed by atoms with E-state index in [2.05, 4.69) is 20.6 Å². The lowest BCUT2D eigenvalue weighted by Gasteiger charge is -2.11. The van der Waals surface area contributed by atoms with E-state index in [1.54, 1.807) is 48.5 Å². The van der Waals surface area contributed by atoms with Crippen LogP contribution in [0.4, 0.5) is 28.7 Å².